The zero-order valence-corrected chi connectivity index (χ0v) is 11.3. The highest BCUT2D eigenvalue weighted by molar-refractivity contribution is 5.80. The van der Waals surface area contributed by atoms with Gasteiger partial charge in [-0.25, -0.2) is 0 Å². The summed E-state index contributed by atoms with van der Waals surface area (Å²) in [7, 11) is 0. The number of benzene rings is 1. The van der Waals surface area contributed by atoms with Crippen molar-refractivity contribution in [2.24, 2.45) is 5.92 Å². The number of rotatable bonds is 1. The average molecular weight is 260 g/mol. The van der Waals surface area contributed by atoms with Crippen LogP contribution in [0, 0.1) is 5.92 Å². The van der Waals surface area contributed by atoms with Crippen LogP contribution in [0.2, 0.25) is 0 Å². The Morgan fingerprint density at radius 1 is 1.47 bits per heavy atom. The molecule has 2 aliphatic heterocycles. The van der Waals surface area contributed by atoms with Gasteiger partial charge in [-0.05, 0) is 37.0 Å². The largest absolute Gasteiger partial charge is 0.398 e. The lowest BCUT2D eigenvalue weighted by Crippen LogP contribution is -2.41. The van der Waals surface area contributed by atoms with Crippen molar-refractivity contribution in [3.05, 3.63) is 29.3 Å². The van der Waals surface area contributed by atoms with Gasteiger partial charge in [-0.1, -0.05) is 12.1 Å². The summed E-state index contributed by atoms with van der Waals surface area (Å²) in [4.78, 5) is 14.5. The van der Waals surface area contributed by atoms with Crippen molar-refractivity contribution < 1.29 is 9.53 Å². The van der Waals surface area contributed by atoms with E-state index in [0.717, 1.165) is 30.6 Å². The molecular weight excluding hydrogens is 240 g/mol. The summed E-state index contributed by atoms with van der Waals surface area (Å²) < 4.78 is 5.50. The number of carbonyl (C=O) groups is 1. The minimum absolute atomic E-state index is 0.0199. The van der Waals surface area contributed by atoms with E-state index in [1.54, 1.807) is 0 Å². The number of hydrogen-bond donors (Lipinski definition) is 1. The number of ether oxygens (including phenoxy) is 1. The third-order valence-corrected chi connectivity index (χ3v) is 4.31. The van der Waals surface area contributed by atoms with Gasteiger partial charge in [0.05, 0.1) is 12.0 Å². The first kappa shape index (κ1) is 12.5. The number of nitrogens with zero attached hydrogens (tertiary/aromatic N) is 1. The topological polar surface area (TPSA) is 55.6 Å². The number of hydrogen-bond acceptors (Lipinski definition) is 3. The normalized spacial score (nSPS) is 26.3. The Bertz CT molecular complexity index is 501. The molecule has 4 heteroatoms. The Morgan fingerprint density at radius 3 is 3.05 bits per heavy atom. The van der Waals surface area contributed by atoms with Crippen molar-refractivity contribution in [3.8, 4) is 0 Å². The maximum Gasteiger partial charge on any atom is 0.228 e. The average Bonchev–Trinajstić information content (AvgIpc) is 2.84. The summed E-state index contributed by atoms with van der Waals surface area (Å²) in [5, 5.41) is 0. The van der Waals surface area contributed by atoms with Crippen LogP contribution in [-0.4, -0.2) is 30.1 Å². The summed E-state index contributed by atoms with van der Waals surface area (Å²) in [6.45, 7) is 4.12. The van der Waals surface area contributed by atoms with E-state index < -0.39 is 0 Å². The molecule has 1 amide bonds. The fraction of sp³-hybridized carbons (Fsp3) is 0.533. The van der Waals surface area contributed by atoms with Gasteiger partial charge in [-0.15, -0.1) is 0 Å². The summed E-state index contributed by atoms with van der Waals surface area (Å²) in [5.41, 5.74) is 9.22. The summed E-state index contributed by atoms with van der Waals surface area (Å²) in [6.07, 6.45) is 1.78. The molecule has 2 aliphatic rings. The molecule has 2 heterocycles. The lowest BCUT2D eigenvalue weighted by Gasteiger charge is -2.32. The molecule has 1 aromatic rings. The summed E-state index contributed by atoms with van der Waals surface area (Å²) >= 11 is 0. The molecule has 3 rings (SSSR count). The fourth-order valence-electron chi connectivity index (χ4n) is 3.09. The Kier molecular flexibility index (Phi) is 3.19. The molecule has 0 radical (unpaired) electrons. The molecule has 0 aliphatic carbocycles. The molecule has 0 saturated carbocycles. The molecule has 2 unspecified atom stereocenters. The van der Waals surface area contributed by atoms with Crippen LogP contribution in [0.15, 0.2) is 18.2 Å². The van der Waals surface area contributed by atoms with Crippen LogP contribution >= 0.6 is 0 Å². The van der Waals surface area contributed by atoms with E-state index in [2.05, 4.69) is 6.07 Å². The molecule has 4 nitrogen and oxygen atoms in total. The minimum Gasteiger partial charge on any atom is -0.398 e. The highest BCUT2D eigenvalue weighted by Crippen LogP contribution is 2.28. The van der Waals surface area contributed by atoms with Gasteiger partial charge in [0.15, 0.2) is 0 Å². The number of nitrogen functional groups attached to an aromatic ring is 1. The van der Waals surface area contributed by atoms with Gasteiger partial charge in [0.1, 0.15) is 0 Å². The lowest BCUT2D eigenvalue weighted by atomic mass is 9.95. The van der Waals surface area contributed by atoms with Crippen molar-refractivity contribution >= 4 is 11.6 Å². The fourth-order valence-corrected chi connectivity index (χ4v) is 3.09. The van der Waals surface area contributed by atoms with Crippen LogP contribution in [0.4, 0.5) is 5.69 Å². The van der Waals surface area contributed by atoms with Crippen LogP contribution in [0.1, 0.15) is 24.5 Å². The van der Waals surface area contributed by atoms with Gasteiger partial charge in [-0.3, -0.25) is 4.79 Å². The van der Waals surface area contributed by atoms with E-state index in [1.165, 1.54) is 5.56 Å². The van der Waals surface area contributed by atoms with Gasteiger partial charge >= 0.3 is 0 Å². The predicted molar refractivity (Wildman–Crippen MR) is 73.5 cm³/mol. The van der Waals surface area contributed by atoms with Gasteiger partial charge < -0.3 is 15.4 Å². The first-order chi connectivity index (χ1) is 9.16. The van der Waals surface area contributed by atoms with Crippen LogP contribution in [-0.2, 0) is 22.5 Å². The van der Waals surface area contributed by atoms with E-state index in [1.807, 2.05) is 24.0 Å². The second-order valence-corrected chi connectivity index (χ2v) is 5.47. The molecule has 1 saturated heterocycles. The predicted octanol–water partition coefficient (Wildman–Crippen LogP) is 1.58. The van der Waals surface area contributed by atoms with Crippen LogP contribution in [0.5, 0.6) is 0 Å². The van der Waals surface area contributed by atoms with Crippen LogP contribution in [0.25, 0.3) is 0 Å². The zero-order valence-electron chi connectivity index (χ0n) is 11.3. The zero-order chi connectivity index (χ0) is 13.4. The van der Waals surface area contributed by atoms with Crippen molar-refractivity contribution in [1.29, 1.82) is 0 Å². The smallest absolute Gasteiger partial charge is 0.228 e. The number of amides is 1. The van der Waals surface area contributed by atoms with E-state index in [9.17, 15) is 4.79 Å². The third-order valence-electron chi connectivity index (χ3n) is 4.31. The molecule has 19 heavy (non-hydrogen) atoms. The summed E-state index contributed by atoms with van der Waals surface area (Å²) in [6, 6.07) is 6.00. The minimum atomic E-state index is 0.0199. The van der Waals surface area contributed by atoms with Crippen molar-refractivity contribution in [2.45, 2.75) is 32.4 Å². The number of fused-ring (bicyclic) bond motifs is 1. The maximum absolute atomic E-state index is 12.5. The quantitative estimate of drug-likeness (QED) is 0.780. The summed E-state index contributed by atoms with van der Waals surface area (Å²) in [5.74, 6) is 0.241. The first-order valence-electron chi connectivity index (χ1n) is 6.93. The molecule has 2 N–H and O–H groups in total. The standard InChI is InChI=1S/C15H20N2O2/c1-10-12(6-8-19-10)15(18)17-7-5-11-3-2-4-14(16)13(11)9-17/h2-4,10,12H,5-9,16H2,1H3. The van der Waals surface area contributed by atoms with Gasteiger partial charge in [-0.2, -0.15) is 0 Å². The van der Waals surface area contributed by atoms with Gasteiger partial charge in [0, 0.05) is 25.4 Å². The Labute approximate surface area is 113 Å². The van der Waals surface area contributed by atoms with E-state index in [0.29, 0.717) is 13.2 Å². The van der Waals surface area contributed by atoms with E-state index >= 15 is 0 Å². The molecule has 0 aromatic heterocycles. The van der Waals surface area contributed by atoms with Crippen molar-refractivity contribution in [2.75, 3.05) is 18.9 Å². The number of carbonyl (C=O) groups excluding carboxylic acids is 1. The van der Waals surface area contributed by atoms with Crippen LogP contribution in [0.3, 0.4) is 0 Å². The van der Waals surface area contributed by atoms with Gasteiger partial charge in [0.2, 0.25) is 5.91 Å². The molecular formula is C15H20N2O2. The monoisotopic (exact) mass is 260 g/mol. The second kappa shape index (κ2) is 4.85. The Hall–Kier alpha value is -1.55. The molecule has 1 fully saturated rings. The van der Waals surface area contributed by atoms with Crippen molar-refractivity contribution in [3.63, 3.8) is 0 Å². The van der Waals surface area contributed by atoms with E-state index in [-0.39, 0.29) is 17.9 Å². The highest BCUT2D eigenvalue weighted by Gasteiger charge is 2.35. The van der Waals surface area contributed by atoms with E-state index in [4.69, 9.17) is 10.5 Å². The van der Waals surface area contributed by atoms with Gasteiger partial charge in [0.25, 0.3) is 0 Å². The van der Waals surface area contributed by atoms with Crippen LogP contribution < -0.4 is 5.73 Å². The Morgan fingerprint density at radius 2 is 2.32 bits per heavy atom. The third kappa shape index (κ3) is 2.21. The molecule has 2 atom stereocenters. The van der Waals surface area contributed by atoms with Crippen molar-refractivity contribution in [1.82, 2.24) is 4.90 Å². The highest BCUT2D eigenvalue weighted by atomic mass is 16.5. The second-order valence-electron chi connectivity index (χ2n) is 5.47. The first-order valence-corrected chi connectivity index (χ1v) is 6.93. The molecule has 0 bridgehead atoms. The number of nitrogens with two attached hydrogens (primary N) is 1. The maximum atomic E-state index is 12.5. The SMILES string of the molecule is CC1OCCC1C(=O)N1CCc2cccc(N)c2C1. The lowest BCUT2D eigenvalue weighted by molar-refractivity contribution is -0.137. The molecule has 1 aromatic carbocycles. The molecule has 0 spiro atoms. The Balaban J connectivity index is 1.78. The number of anilines is 1. The molecule has 102 valence electrons.